The zero-order valence-corrected chi connectivity index (χ0v) is 10.5. The van der Waals surface area contributed by atoms with Crippen LogP contribution in [-0.4, -0.2) is 23.1 Å². The quantitative estimate of drug-likeness (QED) is 0.440. The molecule has 0 unspecified atom stereocenters. The predicted octanol–water partition coefficient (Wildman–Crippen LogP) is -0.407. The third-order valence-corrected chi connectivity index (χ3v) is 1.73. The molecule has 0 heterocycles. The molecule has 0 aliphatic carbocycles. The van der Waals surface area contributed by atoms with E-state index >= 15 is 0 Å². The third kappa shape index (κ3) is 3.13. The Morgan fingerprint density at radius 3 is 2.33 bits per heavy atom. The Labute approximate surface area is 103 Å². The monoisotopic (exact) mass is 260 g/mol. The summed E-state index contributed by atoms with van der Waals surface area (Å²) < 4.78 is 12.8. The van der Waals surface area contributed by atoms with E-state index in [4.69, 9.17) is 11.6 Å². The van der Waals surface area contributed by atoms with Crippen molar-refractivity contribution in [1.82, 2.24) is 0 Å². The molecular formula is C8H7BrClFMg. The molecule has 0 saturated carbocycles. The van der Waals surface area contributed by atoms with Crippen molar-refractivity contribution < 1.29 is 21.4 Å². The minimum atomic E-state index is -0.312. The van der Waals surface area contributed by atoms with Crippen LogP contribution in [0.15, 0.2) is 12.1 Å². The van der Waals surface area contributed by atoms with Crippen LogP contribution in [-0.2, 0) is 0 Å². The molecule has 0 aliphatic rings. The number of benzene rings is 1. The third-order valence-electron chi connectivity index (χ3n) is 1.38. The van der Waals surface area contributed by atoms with Gasteiger partial charge in [-0.15, -0.1) is 11.6 Å². The van der Waals surface area contributed by atoms with E-state index in [-0.39, 0.29) is 51.4 Å². The molecule has 0 radical (unpaired) electrons. The number of halogens is 3. The standard InChI is InChI=1S/C8H7ClF.BrH.Mg/c1-5-3-4-7(9)6(2)8(5)10;;/h3-4H,2H2,1H3;1H;/q-1;;+2/p-1. The zero-order valence-electron chi connectivity index (χ0n) is 6.70. The minimum absolute atomic E-state index is 0. The van der Waals surface area contributed by atoms with Gasteiger partial charge in [-0.2, -0.15) is 18.5 Å². The molecule has 0 N–H and O–H groups in total. The van der Waals surface area contributed by atoms with Crippen molar-refractivity contribution in [2.45, 2.75) is 6.92 Å². The van der Waals surface area contributed by atoms with E-state index in [1.54, 1.807) is 19.1 Å². The van der Waals surface area contributed by atoms with Crippen LogP contribution in [0.3, 0.4) is 0 Å². The van der Waals surface area contributed by atoms with E-state index in [1.165, 1.54) is 0 Å². The molecule has 62 valence electrons. The first kappa shape index (κ1) is 15.0. The van der Waals surface area contributed by atoms with Gasteiger partial charge >= 0.3 is 23.1 Å². The van der Waals surface area contributed by atoms with Gasteiger partial charge in [-0.05, 0) is 6.92 Å². The van der Waals surface area contributed by atoms with Crippen molar-refractivity contribution >= 4 is 34.7 Å². The van der Waals surface area contributed by atoms with Crippen molar-refractivity contribution in [1.29, 1.82) is 0 Å². The first-order valence-corrected chi connectivity index (χ1v) is 3.27. The fourth-order valence-corrected chi connectivity index (χ4v) is 0.861. The maximum Gasteiger partial charge on any atom is 2.00 e. The first-order valence-electron chi connectivity index (χ1n) is 2.89. The van der Waals surface area contributed by atoms with Gasteiger partial charge in [-0.1, -0.05) is 16.7 Å². The van der Waals surface area contributed by atoms with Crippen molar-refractivity contribution in [3.8, 4) is 0 Å². The SMILES string of the molecule is [Br-].[CH2-]c1c(Cl)ccc(C)c1F.[Mg+2]. The van der Waals surface area contributed by atoms with Gasteiger partial charge in [0.25, 0.3) is 0 Å². The van der Waals surface area contributed by atoms with Crippen molar-refractivity contribution in [3.63, 3.8) is 0 Å². The summed E-state index contributed by atoms with van der Waals surface area (Å²) in [6.45, 7) is 5.15. The second kappa shape index (κ2) is 6.08. The normalized spacial score (nSPS) is 8.25. The summed E-state index contributed by atoms with van der Waals surface area (Å²) in [5.74, 6) is -0.312. The summed E-state index contributed by atoms with van der Waals surface area (Å²) in [7, 11) is 0. The fraction of sp³-hybridized carbons (Fsp3) is 0.125. The molecule has 12 heavy (non-hydrogen) atoms. The second-order valence-electron chi connectivity index (χ2n) is 2.16. The van der Waals surface area contributed by atoms with Crippen molar-refractivity contribution in [3.05, 3.63) is 41.0 Å². The molecule has 1 aromatic rings. The van der Waals surface area contributed by atoms with Crippen LogP contribution in [0, 0.1) is 19.7 Å². The summed E-state index contributed by atoms with van der Waals surface area (Å²) >= 11 is 5.58. The van der Waals surface area contributed by atoms with Gasteiger partial charge in [0.05, 0.1) is 0 Å². The molecule has 0 fully saturated rings. The van der Waals surface area contributed by atoms with E-state index in [0.717, 1.165) is 0 Å². The molecule has 0 spiro atoms. The van der Waals surface area contributed by atoms with Crippen LogP contribution >= 0.6 is 11.6 Å². The second-order valence-corrected chi connectivity index (χ2v) is 2.56. The summed E-state index contributed by atoms with van der Waals surface area (Å²) in [6.07, 6.45) is 0. The smallest absolute Gasteiger partial charge is 1.00 e. The molecule has 4 heteroatoms. The molecule has 0 saturated heterocycles. The Kier molecular flexibility index (Phi) is 7.62. The van der Waals surface area contributed by atoms with E-state index in [2.05, 4.69) is 6.92 Å². The number of rotatable bonds is 0. The minimum Gasteiger partial charge on any atom is -1.00 e. The molecule has 1 aromatic carbocycles. The molecule has 0 amide bonds. The van der Waals surface area contributed by atoms with Gasteiger partial charge in [-0.3, -0.25) is 4.39 Å². The zero-order chi connectivity index (χ0) is 7.72. The summed E-state index contributed by atoms with van der Waals surface area (Å²) in [4.78, 5) is 0. The topological polar surface area (TPSA) is 0 Å². The van der Waals surface area contributed by atoms with Crippen LogP contribution < -0.4 is 17.0 Å². The van der Waals surface area contributed by atoms with Crippen LogP contribution in [0.2, 0.25) is 5.02 Å². The molecule has 0 atom stereocenters. The summed E-state index contributed by atoms with van der Waals surface area (Å²) in [5.41, 5.74) is 0.857. The number of hydrogen-bond acceptors (Lipinski definition) is 0. The molecule has 1 rings (SSSR count). The Hall–Kier alpha value is 0.556. The molecule has 0 aromatic heterocycles. The molecular weight excluding hydrogens is 255 g/mol. The Balaban J connectivity index is 0. The van der Waals surface area contributed by atoms with Crippen molar-refractivity contribution in [2.24, 2.45) is 0 Å². The Bertz CT molecular complexity index is 238. The molecule has 0 bridgehead atoms. The van der Waals surface area contributed by atoms with Gasteiger partial charge < -0.3 is 17.0 Å². The Morgan fingerprint density at radius 2 is 1.92 bits per heavy atom. The van der Waals surface area contributed by atoms with E-state index in [1.807, 2.05) is 0 Å². The van der Waals surface area contributed by atoms with Gasteiger partial charge in [0.1, 0.15) is 0 Å². The van der Waals surface area contributed by atoms with Gasteiger partial charge in [-0.25, -0.2) is 0 Å². The van der Waals surface area contributed by atoms with Gasteiger partial charge in [0.15, 0.2) is 0 Å². The van der Waals surface area contributed by atoms with Crippen LogP contribution in [0.5, 0.6) is 0 Å². The summed E-state index contributed by atoms with van der Waals surface area (Å²) in [6, 6.07) is 3.27. The summed E-state index contributed by atoms with van der Waals surface area (Å²) in [5, 5.41) is 0.378. The average Bonchev–Trinajstić information content (AvgIpc) is 1.93. The molecule has 0 nitrogen and oxygen atoms in total. The predicted molar refractivity (Wildman–Crippen MR) is 46.4 cm³/mol. The number of hydrogen-bond donors (Lipinski definition) is 0. The maximum atomic E-state index is 12.8. The number of aryl methyl sites for hydroxylation is 1. The van der Waals surface area contributed by atoms with Gasteiger partial charge in [0, 0.05) is 5.82 Å². The van der Waals surface area contributed by atoms with E-state index in [0.29, 0.717) is 10.6 Å². The Morgan fingerprint density at radius 1 is 1.42 bits per heavy atom. The van der Waals surface area contributed by atoms with E-state index in [9.17, 15) is 4.39 Å². The van der Waals surface area contributed by atoms with Crippen LogP contribution in [0.4, 0.5) is 4.39 Å². The average molecular weight is 262 g/mol. The maximum absolute atomic E-state index is 12.8. The van der Waals surface area contributed by atoms with Gasteiger partial charge in [0.2, 0.25) is 0 Å². The van der Waals surface area contributed by atoms with E-state index < -0.39 is 0 Å². The first-order chi connectivity index (χ1) is 4.63. The van der Waals surface area contributed by atoms with Crippen LogP contribution in [0.1, 0.15) is 11.1 Å². The molecule has 0 aliphatic heterocycles. The fourth-order valence-electron chi connectivity index (χ4n) is 0.715. The largest absolute Gasteiger partial charge is 2.00 e. The van der Waals surface area contributed by atoms with Crippen molar-refractivity contribution in [2.75, 3.05) is 0 Å². The van der Waals surface area contributed by atoms with Crippen LogP contribution in [0.25, 0.3) is 0 Å².